The molecule has 0 aromatic heterocycles. The summed E-state index contributed by atoms with van der Waals surface area (Å²) in [6.45, 7) is 11.7. The fourth-order valence-corrected chi connectivity index (χ4v) is 5.35. The van der Waals surface area contributed by atoms with E-state index in [0.717, 1.165) is 38.3 Å². The van der Waals surface area contributed by atoms with Crippen LogP contribution in [0.2, 0.25) is 0 Å². The van der Waals surface area contributed by atoms with Gasteiger partial charge in [0.15, 0.2) is 0 Å². The molecule has 2 fully saturated rings. The summed E-state index contributed by atoms with van der Waals surface area (Å²) in [5.74, 6) is 0.147. The van der Waals surface area contributed by atoms with E-state index in [-0.39, 0.29) is 30.5 Å². The van der Waals surface area contributed by atoms with Gasteiger partial charge in [0.25, 0.3) is 5.69 Å². The molecule has 0 unspecified atom stereocenters. The van der Waals surface area contributed by atoms with Gasteiger partial charge in [0, 0.05) is 75.7 Å². The van der Waals surface area contributed by atoms with Gasteiger partial charge in [0.1, 0.15) is 5.56 Å². The van der Waals surface area contributed by atoms with Crippen molar-refractivity contribution in [3.8, 4) is 0 Å². The SMILES string of the molecule is C.CC(C)(C)c1ccc(N2CCN(C(=O)CCN3CCC(Nc4ccc([N+](=O)[O-])c(C(F)(F)F)c4)CC3)CC2)cc1. The predicted octanol–water partition coefficient (Wildman–Crippen LogP) is 6.16. The van der Waals surface area contributed by atoms with Crippen LogP contribution in [0.5, 0.6) is 0 Å². The minimum atomic E-state index is -4.81. The van der Waals surface area contributed by atoms with Crippen LogP contribution in [-0.4, -0.2) is 72.5 Å². The van der Waals surface area contributed by atoms with Crippen LogP contribution in [0.25, 0.3) is 0 Å². The molecule has 2 heterocycles. The number of nitrogens with one attached hydrogen (secondary N) is 1. The van der Waals surface area contributed by atoms with Crippen molar-refractivity contribution in [2.45, 2.75) is 65.1 Å². The maximum absolute atomic E-state index is 13.3. The summed E-state index contributed by atoms with van der Waals surface area (Å²) in [6, 6.07) is 11.7. The fourth-order valence-electron chi connectivity index (χ4n) is 5.35. The Morgan fingerprint density at radius 2 is 1.59 bits per heavy atom. The van der Waals surface area contributed by atoms with E-state index < -0.39 is 22.4 Å². The Kier molecular flexibility index (Phi) is 10.3. The Labute approximate surface area is 240 Å². The van der Waals surface area contributed by atoms with Crippen molar-refractivity contribution in [3.05, 3.63) is 63.7 Å². The Bertz CT molecular complexity index is 1180. The number of benzene rings is 2. The molecule has 2 aliphatic heterocycles. The molecule has 2 saturated heterocycles. The number of nitro groups is 1. The Morgan fingerprint density at radius 1 is 0.976 bits per heavy atom. The monoisotopic (exact) mass is 577 g/mol. The molecule has 2 aromatic carbocycles. The van der Waals surface area contributed by atoms with Crippen LogP contribution in [0.3, 0.4) is 0 Å². The average Bonchev–Trinajstić information content (AvgIpc) is 2.91. The highest BCUT2D eigenvalue weighted by Crippen LogP contribution is 2.38. The van der Waals surface area contributed by atoms with E-state index in [1.54, 1.807) is 0 Å². The lowest BCUT2D eigenvalue weighted by atomic mass is 9.87. The van der Waals surface area contributed by atoms with Gasteiger partial charge in [-0.1, -0.05) is 40.3 Å². The molecular weight excluding hydrogens is 535 g/mol. The van der Waals surface area contributed by atoms with Crippen molar-refractivity contribution in [1.29, 1.82) is 0 Å². The number of carbonyl (C=O) groups is 1. The molecule has 0 spiro atoms. The summed E-state index contributed by atoms with van der Waals surface area (Å²) < 4.78 is 39.8. The maximum Gasteiger partial charge on any atom is 0.423 e. The number of piperidine rings is 1. The smallest absolute Gasteiger partial charge is 0.382 e. The molecule has 0 atom stereocenters. The van der Waals surface area contributed by atoms with Crippen LogP contribution < -0.4 is 10.2 Å². The van der Waals surface area contributed by atoms with Crippen molar-refractivity contribution >= 4 is 23.0 Å². The fraction of sp³-hybridized carbons (Fsp3) is 0.567. The van der Waals surface area contributed by atoms with Crippen molar-refractivity contribution in [2.75, 3.05) is 56.0 Å². The molecule has 8 nitrogen and oxygen atoms in total. The van der Waals surface area contributed by atoms with E-state index in [9.17, 15) is 28.1 Å². The number of rotatable bonds is 7. The summed E-state index contributed by atoms with van der Waals surface area (Å²) in [4.78, 5) is 29.3. The zero-order valence-corrected chi connectivity index (χ0v) is 23.3. The van der Waals surface area contributed by atoms with E-state index in [1.165, 1.54) is 17.3 Å². The van der Waals surface area contributed by atoms with Gasteiger partial charge in [0.05, 0.1) is 4.92 Å². The van der Waals surface area contributed by atoms with Gasteiger partial charge < -0.3 is 20.0 Å². The number of piperazine rings is 1. The number of hydrogen-bond acceptors (Lipinski definition) is 6. The summed E-state index contributed by atoms with van der Waals surface area (Å²) in [6.07, 6.45) is -2.95. The second kappa shape index (κ2) is 13.1. The summed E-state index contributed by atoms with van der Waals surface area (Å²) >= 11 is 0. The molecule has 0 aliphatic carbocycles. The quantitative estimate of drug-likeness (QED) is 0.314. The third kappa shape index (κ3) is 8.34. The standard InChI is InChI=1S/C29H38F3N5O3.CH4/c1-28(2,3)21-4-7-24(8-5-21)35-16-18-36(19-17-35)27(38)12-15-34-13-10-22(11-14-34)33-23-6-9-26(37(39)40)25(20-23)29(30,31)32;/h4-9,20,22,33H,10-19H2,1-3H3;1H4. The van der Waals surface area contributed by atoms with Crippen molar-refractivity contribution in [2.24, 2.45) is 0 Å². The normalized spacial score (nSPS) is 17.2. The minimum Gasteiger partial charge on any atom is -0.382 e. The van der Waals surface area contributed by atoms with Gasteiger partial charge in [-0.3, -0.25) is 14.9 Å². The van der Waals surface area contributed by atoms with Crippen LogP contribution in [0.4, 0.5) is 30.2 Å². The first-order valence-electron chi connectivity index (χ1n) is 13.8. The largest absolute Gasteiger partial charge is 0.423 e. The van der Waals surface area contributed by atoms with Crippen LogP contribution in [0, 0.1) is 10.1 Å². The average molecular weight is 578 g/mol. The zero-order valence-electron chi connectivity index (χ0n) is 23.3. The van der Waals surface area contributed by atoms with Gasteiger partial charge in [-0.15, -0.1) is 0 Å². The topological polar surface area (TPSA) is 82.0 Å². The molecule has 0 bridgehead atoms. The third-order valence-electron chi connectivity index (χ3n) is 7.83. The summed E-state index contributed by atoms with van der Waals surface area (Å²) in [5.41, 5.74) is 0.609. The van der Waals surface area contributed by atoms with E-state index in [2.05, 4.69) is 60.2 Å². The molecule has 1 N–H and O–H groups in total. The van der Waals surface area contributed by atoms with E-state index in [1.807, 2.05) is 4.90 Å². The minimum absolute atomic E-state index is 0. The van der Waals surface area contributed by atoms with Crippen LogP contribution in [-0.2, 0) is 16.4 Å². The first-order valence-corrected chi connectivity index (χ1v) is 13.8. The number of halogens is 3. The lowest BCUT2D eigenvalue weighted by molar-refractivity contribution is -0.388. The van der Waals surface area contributed by atoms with Crippen LogP contribution >= 0.6 is 0 Å². The van der Waals surface area contributed by atoms with Crippen molar-refractivity contribution < 1.29 is 22.9 Å². The van der Waals surface area contributed by atoms with E-state index in [0.29, 0.717) is 38.9 Å². The number of anilines is 2. The van der Waals surface area contributed by atoms with Gasteiger partial charge >= 0.3 is 6.18 Å². The summed E-state index contributed by atoms with van der Waals surface area (Å²) in [5, 5.41) is 14.1. The Morgan fingerprint density at radius 3 is 2.12 bits per heavy atom. The number of alkyl halides is 3. The molecular formula is C30H42F3N5O3. The molecule has 41 heavy (non-hydrogen) atoms. The first kappa shape index (κ1) is 32.2. The Balaban J connectivity index is 0.00000462. The molecule has 2 aliphatic rings. The molecule has 0 radical (unpaired) electrons. The first-order chi connectivity index (χ1) is 18.8. The molecule has 226 valence electrons. The zero-order chi connectivity index (χ0) is 29.1. The number of carbonyl (C=O) groups excluding carboxylic acids is 1. The lowest BCUT2D eigenvalue weighted by Crippen LogP contribution is -2.49. The maximum atomic E-state index is 13.3. The van der Waals surface area contributed by atoms with Gasteiger partial charge in [-0.05, 0) is 48.1 Å². The molecule has 4 rings (SSSR count). The third-order valence-corrected chi connectivity index (χ3v) is 7.83. The van der Waals surface area contributed by atoms with Crippen molar-refractivity contribution in [3.63, 3.8) is 0 Å². The molecule has 1 amide bonds. The van der Waals surface area contributed by atoms with E-state index >= 15 is 0 Å². The van der Waals surface area contributed by atoms with Crippen molar-refractivity contribution in [1.82, 2.24) is 9.80 Å². The number of nitro benzene ring substituents is 1. The van der Waals surface area contributed by atoms with Crippen LogP contribution in [0.15, 0.2) is 42.5 Å². The molecule has 0 saturated carbocycles. The number of nitrogens with zero attached hydrogens (tertiary/aromatic N) is 4. The molecule has 11 heteroatoms. The second-order valence-electron chi connectivity index (χ2n) is 11.7. The Hall–Kier alpha value is -3.34. The van der Waals surface area contributed by atoms with E-state index in [4.69, 9.17) is 0 Å². The highest BCUT2D eigenvalue weighted by molar-refractivity contribution is 5.76. The number of hydrogen-bond donors (Lipinski definition) is 1. The summed E-state index contributed by atoms with van der Waals surface area (Å²) in [7, 11) is 0. The molecule has 2 aromatic rings. The highest BCUT2D eigenvalue weighted by atomic mass is 19.4. The highest BCUT2D eigenvalue weighted by Gasteiger charge is 2.38. The van der Waals surface area contributed by atoms with Gasteiger partial charge in [-0.2, -0.15) is 13.2 Å². The van der Waals surface area contributed by atoms with Gasteiger partial charge in [-0.25, -0.2) is 0 Å². The number of likely N-dealkylation sites (tertiary alicyclic amines) is 1. The number of amides is 1. The van der Waals surface area contributed by atoms with Gasteiger partial charge in [0.2, 0.25) is 5.91 Å². The lowest BCUT2D eigenvalue weighted by Gasteiger charge is -2.37. The second-order valence-corrected chi connectivity index (χ2v) is 11.7. The van der Waals surface area contributed by atoms with Crippen LogP contribution in [0.1, 0.15) is 58.6 Å². The predicted molar refractivity (Wildman–Crippen MR) is 156 cm³/mol.